The van der Waals surface area contributed by atoms with Crippen LogP contribution in [0.5, 0.6) is 0 Å². The summed E-state index contributed by atoms with van der Waals surface area (Å²) in [5.74, 6) is -0.622. The molecule has 0 bridgehead atoms. The number of nitrogens with one attached hydrogen (secondary N) is 2. The molecule has 0 aliphatic carbocycles. The van der Waals surface area contributed by atoms with Crippen molar-refractivity contribution in [2.75, 3.05) is 29.8 Å². The number of sulfonamides is 1. The van der Waals surface area contributed by atoms with E-state index in [0.717, 1.165) is 11.3 Å². The maximum absolute atomic E-state index is 13.6. The van der Waals surface area contributed by atoms with Gasteiger partial charge in [0.25, 0.3) is 10.0 Å². The van der Waals surface area contributed by atoms with Gasteiger partial charge in [-0.1, -0.05) is 17.4 Å². The van der Waals surface area contributed by atoms with Crippen LogP contribution in [0.3, 0.4) is 0 Å². The topological polar surface area (TPSA) is 87.2 Å². The molecule has 0 radical (unpaired) electrons. The number of hydrogen-bond donors (Lipinski definition) is 2. The molecule has 0 spiro atoms. The summed E-state index contributed by atoms with van der Waals surface area (Å²) in [4.78, 5) is 8.02. The Bertz CT molecular complexity index is 849. The third-order valence-electron chi connectivity index (χ3n) is 4.05. The summed E-state index contributed by atoms with van der Waals surface area (Å²) in [5.41, 5.74) is 0.614. The first kappa shape index (κ1) is 18.0. The average molecular weight is 385 g/mol. The zero-order chi connectivity index (χ0) is 18.0. The molecule has 1 fully saturated rings. The van der Waals surface area contributed by atoms with Gasteiger partial charge in [-0.3, -0.25) is 0 Å². The second-order valence-electron chi connectivity index (χ2n) is 5.74. The van der Waals surface area contributed by atoms with Gasteiger partial charge in [0, 0.05) is 13.1 Å². The summed E-state index contributed by atoms with van der Waals surface area (Å²) in [6.45, 7) is 3.14. The van der Waals surface area contributed by atoms with E-state index < -0.39 is 16.0 Å². The van der Waals surface area contributed by atoms with E-state index in [1.807, 2.05) is 0 Å². The van der Waals surface area contributed by atoms with Gasteiger partial charge in [-0.15, -0.1) is 0 Å². The zero-order valence-corrected chi connectivity index (χ0v) is 15.6. The minimum atomic E-state index is -3.94. The van der Waals surface area contributed by atoms with Crippen LogP contribution in [-0.4, -0.2) is 44.6 Å². The summed E-state index contributed by atoms with van der Waals surface area (Å²) in [7, 11) is -2.22. The zero-order valence-electron chi connectivity index (χ0n) is 14.0. The van der Waals surface area contributed by atoms with Crippen LogP contribution in [0.2, 0.25) is 0 Å². The molecule has 1 aliphatic rings. The Morgan fingerprint density at radius 1 is 1.32 bits per heavy atom. The lowest BCUT2D eigenvalue weighted by molar-refractivity contribution is 0.450. The van der Waals surface area contributed by atoms with E-state index in [0.29, 0.717) is 36.6 Å². The highest BCUT2D eigenvalue weighted by atomic mass is 32.2. The molecule has 2 aromatic rings. The van der Waals surface area contributed by atoms with Crippen LogP contribution in [0.1, 0.15) is 18.5 Å². The standard InChI is InChI=1S/C15H20FN5O2S2/c1-10-14(17-2)24-15(19-10)25(22,23)21(11-6-8-18-9-7-11)13-5-3-4-12(16)20-13/h3-5,11,17-18H,6-9H2,1-2H3. The Hall–Kier alpha value is -1.78. The van der Waals surface area contributed by atoms with Crippen molar-refractivity contribution in [3.63, 3.8) is 0 Å². The molecule has 0 atom stereocenters. The number of rotatable bonds is 5. The van der Waals surface area contributed by atoms with Crippen molar-refractivity contribution in [2.24, 2.45) is 0 Å². The maximum atomic E-state index is 13.6. The Balaban J connectivity index is 2.08. The van der Waals surface area contributed by atoms with Crippen molar-refractivity contribution in [2.45, 2.75) is 30.1 Å². The van der Waals surface area contributed by atoms with E-state index in [1.54, 1.807) is 14.0 Å². The molecule has 1 aliphatic heterocycles. The molecule has 2 aromatic heterocycles. The van der Waals surface area contributed by atoms with E-state index in [9.17, 15) is 12.8 Å². The lowest BCUT2D eigenvalue weighted by Crippen LogP contribution is -2.46. The molecule has 3 rings (SSSR count). The second-order valence-corrected chi connectivity index (χ2v) is 8.73. The smallest absolute Gasteiger partial charge is 0.293 e. The van der Waals surface area contributed by atoms with E-state index >= 15 is 0 Å². The third kappa shape index (κ3) is 3.60. The molecular formula is C15H20FN5O2S2. The summed E-state index contributed by atoms with van der Waals surface area (Å²) in [5, 5.41) is 6.84. The molecule has 2 N–H and O–H groups in total. The first-order chi connectivity index (χ1) is 11.9. The Morgan fingerprint density at radius 3 is 2.64 bits per heavy atom. The van der Waals surface area contributed by atoms with Crippen LogP contribution in [0.15, 0.2) is 22.5 Å². The fourth-order valence-electron chi connectivity index (χ4n) is 2.87. The van der Waals surface area contributed by atoms with Gasteiger partial charge < -0.3 is 10.6 Å². The average Bonchev–Trinajstić information content (AvgIpc) is 2.98. The first-order valence-corrected chi connectivity index (χ1v) is 10.2. The van der Waals surface area contributed by atoms with Gasteiger partial charge in [-0.05, 0) is 45.0 Å². The first-order valence-electron chi connectivity index (χ1n) is 7.96. The van der Waals surface area contributed by atoms with Crippen LogP contribution in [0.4, 0.5) is 15.2 Å². The normalized spacial score (nSPS) is 16.0. The number of pyridine rings is 1. The number of piperidine rings is 1. The predicted molar refractivity (Wildman–Crippen MR) is 96.1 cm³/mol. The highest BCUT2D eigenvalue weighted by Gasteiger charge is 2.36. The van der Waals surface area contributed by atoms with Crippen LogP contribution in [0, 0.1) is 12.9 Å². The fraction of sp³-hybridized carbons (Fsp3) is 0.467. The number of aromatic nitrogens is 2. The van der Waals surface area contributed by atoms with E-state index in [4.69, 9.17) is 0 Å². The number of thiazole rings is 1. The lowest BCUT2D eigenvalue weighted by atomic mass is 10.1. The van der Waals surface area contributed by atoms with Crippen molar-refractivity contribution < 1.29 is 12.8 Å². The lowest BCUT2D eigenvalue weighted by Gasteiger charge is -2.33. The third-order valence-corrected chi connectivity index (χ3v) is 7.44. The van der Waals surface area contributed by atoms with Crippen molar-refractivity contribution >= 4 is 32.2 Å². The number of aryl methyl sites for hydroxylation is 1. The quantitative estimate of drug-likeness (QED) is 0.766. The van der Waals surface area contributed by atoms with Gasteiger partial charge >= 0.3 is 0 Å². The highest BCUT2D eigenvalue weighted by molar-refractivity contribution is 7.94. The molecule has 0 aromatic carbocycles. The van der Waals surface area contributed by atoms with Crippen LogP contribution < -0.4 is 14.9 Å². The van der Waals surface area contributed by atoms with Gasteiger partial charge in [0.15, 0.2) is 0 Å². The van der Waals surface area contributed by atoms with E-state index in [2.05, 4.69) is 20.6 Å². The number of anilines is 2. The number of nitrogens with zero attached hydrogens (tertiary/aromatic N) is 3. The maximum Gasteiger partial charge on any atom is 0.293 e. The van der Waals surface area contributed by atoms with E-state index in [-0.39, 0.29) is 16.2 Å². The number of halogens is 1. The molecule has 25 heavy (non-hydrogen) atoms. The highest BCUT2D eigenvalue weighted by Crippen LogP contribution is 2.33. The molecule has 10 heteroatoms. The van der Waals surface area contributed by atoms with Gasteiger partial charge in [0.1, 0.15) is 10.8 Å². The van der Waals surface area contributed by atoms with Crippen LogP contribution in [-0.2, 0) is 10.0 Å². The van der Waals surface area contributed by atoms with Crippen LogP contribution in [0.25, 0.3) is 0 Å². The van der Waals surface area contributed by atoms with Gasteiger partial charge in [-0.2, -0.15) is 12.8 Å². The monoisotopic (exact) mass is 385 g/mol. The second kappa shape index (κ2) is 7.22. The molecule has 1 saturated heterocycles. The van der Waals surface area contributed by atoms with Gasteiger partial charge in [0.2, 0.25) is 10.3 Å². The summed E-state index contributed by atoms with van der Waals surface area (Å²) in [6, 6.07) is 3.89. The Kier molecular flexibility index (Phi) is 5.21. The SMILES string of the molecule is CNc1sc(S(=O)(=O)N(c2cccc(F)n2)C2CCNCC2)nc1C. The predicted octanol–water partition coefficient (Wildman–Crippen LogP) is 1.97. The van der Waals surface area contributed by atoms with Gasteiger partial charge in [-0.25, -0.2) is 14.3 Å². The van der Waals surface area contributed by atoms with Crippen molar-refractivity contribution in [1.29, 1.82) is 0 Å². The van der Waals surface area contributed by atoms with E-state index in [1.165, 1.54) is 22.5 Å². The molecule has 0 saturated carbocycles. The molecule has 3 heterocycles. The van der Waals surface area contributed by atoms with Crippen molar-refractivity contribution in [3.8, 4) is 0 Å². The fourth-order valence-corrected chi connectivity index (χ4v) is 5.80. The van der Waals surface area contributed by atoms with Crippen molar-refractivity contribution in [3.05, 3.63) is 29.8 Å². The summed E-state index contributed by atoms with van der Waals surface area (Å²) in [6.07, 6.45) is 1.25. The van der Waals surface area contributed by atoms with Crippen LogP contribution >= 0.6 is 11.3 Å². The minimum absolute atomic E-state index is 0.0149. The molecule has 0 amide bonds. The van der Waals surface area contributed by atoms with Crippen molar-refractivity contribution in [1.82, 2.24) is 15.3 Å². The molecular weight excluding hydrogens is 365 g/mol. The minimum Gasteiger partial charge on any atom is -0.378 e. The summed E-state index contributed by atoms with van der Waals surface area (Å²) < 4.78 is 41.4. The Labute approximate surface area is 150 Å². The van der Waals surface area contributed by atoms with Gasteiger partial charge in [0.05, 0.1) is 5.69 Å². The number of hydrogen-bond acceptors (Lipinski definition) is 7. The molecule has 7 nitrogen and oxygen atoms in total. The summed E-state index contributed by atoms with van der Waals surface area (Å²) >= 11 is 1.07. The molecule has 0 unspecified atom stereocenters. The molecule has 136 valence electrons. The Morgan fingerprint density at radius 2 is 2.04 bits per heavy atom. The largest absolute Gasteiger partial charge is 0.378 e.